The van der Waals surface area contributed by atoms with Crippen molar-refractivity contribution in [1.29, 1.82) is 0 Å². The molecule has 0 spiro atoms. The number of benzene rings is 1. The minimum atomic E-state index is 0. The van der Waals surface area contributed by atoms with Crippen molar-refractivity contribution in [1.82, 2.24) is 0 Å². The Morgan fingerprint density at radius 2 is 1.93 bits per heavy atom. The topological polar surface area (TPSA) is 26.0 Å². The molecule has 84 valence electrons. The van der Waals surface area contributed by atoms with Crippen LogP contribution in [0.3, 0.4) is 0 Å². The molecule has 2 rings (SSSR count). The van der Waals surface area contributed by atoms with Gasteiger partial charge < -0.3 is 5.73 Å². The third-order valence-electron chi connectivity index (χ3n) is 2.66. The van der Waals surface area contributed by atoms with Crippen LogP contribution in [0.5, 0.6) is 0 Å². The molecule has 15 heavy (non-hydrogen) atoms. The first-order chi connectivity index (χ1) is 6.66. The maximum atomic E-state index is 6.12. The second-order valence-corrected chi connectivity index (χ2v) is 5.67. The molecule has 0 saturated heterocycles. The highest BCUT2D eigenvalue weighted by molar-refractivity contribution is 9.13. The van der Waals surface area contributed by atoms with Crippen LogP contribution >= 0.6 is 44.3 Å². The molecule has 1 atom stereocenters. The first-order valence-electron chi connectivity index (χ1n) is 4.87. The molecule has 0 bridgehead atoms. The van der Waals surface area contributed by atoms with Crippen LogP contribution in [0.1, 0.15) is 30.9 Å². The number of rotatable bonds is 3. The molecule has 1 fully saturated rings. The summed E-state index contributed by atoms with van der Waals surface area (Å²) in [6.45, 7) is 0. The molecule has 0 heterocycles. The fourth-order valence-electron chi connectivity index (χ4n) is 1.59. The fraction of sp³-hybridized carbons (Fsp3) is 0.455. The zero-order chi connectivity index (χ0) is 10.1. The average Bonchev–Trinajstić information content (AvgIpc) is 2.93. The van der Waals surface area contributed by atoms with Crippen LogP contribution < -0.4 is 5.73 Å². The zero-order valence-corrected chi connectivity index (χ0v) is 12.2. The van der Waals surface area contributed by atoms with E-state index in [1.807, 2.05) is 6.07 Å². The minimum Gasteiger partial charge on any atom is -0.324 e. The van der Waals surface area contributed by atoms with Crippen molar-refractivity contribution in [3.63, 3.8) is 0 Å². The minimum absolute atomic E-state index is 0. The summed E-state index contributed by atoms with van der Waals surface area (Å²) < 4.78 is 2.17. The molecule has 0 unspecified atom stereocenters. The van der Waals surface area contributed by atoms with Crippen molar-refractivity contribution in [3.05, 3.63) is 32.7 Å². The number of hydrogen-bond acceptors (Lipinski definition) is 1. The molecule has 1 saturated carbocycles. The fourth-order valence-corrected chi connectivity index (χ4v) is 2.23. The van der Waals surface area contributed by atoms with Gasteiger partial charge in [-0.05, 0) is 61.9 Å². The molecule has 0 aromatic heterocycles. The lowest BCUT2D eigenvalue weighted by atomic mass is 10.0. The van der Waals surface area contributed by atoms with E-state index in [-0.39, 0.29) is 18.4 Å². The smallest absolute Gasteiger partial charge is 0.0320 e. The van der Waals surface area contributed by atoms with Gasteiger partial charge in [-0.2, -0.15) is 0 Å². The lowest BCUT2D eigenvalue weighted by Crippen LogP contribution is -2.10. The van der Waals surface area contributed by atoms with Gasteiger partial charge in [0.15, 0.2) is 0 Å². The van der Waals surface area contributed by atoms with E-state index in [4.69, 9.17) is 5.73 Å². The van der Waals surface area contributed by atoms with E-state index in [9.17, 15) is 0 Å². The highest BCUT2D eigenvalue weighted by Crippen LogP contribution is 2.37. The van der Waals surface area contributed by atoms with Gasteiger partial charge in [-0.1, -0.05) is 18.9 Å². The Balaban J connectivity index is 0.00000112. The summed E-state index contributed by atoms with van der Waals surface area (Å²) in [5, 5.41) is 0. The average molecular weight is 356 g/mol. The summed E-state index contributed by atoms with van der Waals surface area (Å²) in [5.74, 6) is 0.882. The lowest BCUT2D eigenvalue weighted by molar-refractivity contribution is 0.597. The molecule has 0 radical (unpaired) electrons. The highest BCUT2D eigenvalue weighted by Gasteiger charge is 2.24. The van der Waals surface area contributed by atoms with Crippen LogP contribution in [0, 0.1) is 5.92 Å². The van der Waals surface area contributed by atoms with Gasteiger partial charge in [0.2, 0.25) is 0 Å². The van der Waals surface area contributed by atoms with Crippen LogP contribution in [-0.4, -0.2) is 0 Å². The van der Waals surface area contributed by atoms with E-state index < -0.39 is 0 Å². The van der Waals surface area contributed by atoms with Crippen molar-refractivity contribution in [3.8, 4) is 0 Å². The summed E-state index contributed by atoms with van der Waals surface area (Å²) in [6.07, 6.45) is 3.87. The summed E-state index contributed by atoms with van der Waals surface area (Å²) >= 11 is 6.95. The van der Waals surface area contributed by atoms with E-state index in [1.54, 1.807) is 0 Å². The lowest BCUT2D eigenvalue weighted by Gasteiger charge is -2.12. The maximum absolute atomic E-state index is 6.12. The quantitative estimate of drug-likeness (QED) is 0.853. The van der Waals surface area contributed by atoms with Gasteiger partial charge in [0.05, 0.1) is 0 Å². The number of hydrogen-bond donors (Lipinski definition) is 1. The Hall–Kier alpha value is 0.430. The van der Waals surface area contributed by atoms with Crippen molar-refractivity contribution in [2.24, 2.45) is 11.7 Å². The van der Waals surface area contributed by atoms with Gasteiger partial charge in [-0.3, -0.25) is 0 Å². The summed E-state index contributed by atoms with van der Waals surface area (Å²) in [6, 6.07) is 6.46. The highest BCUT2D eigenvalue weighted by atomic mass is 79.9. The predicted octanol–water partition coefficient (Wildman–Crippen LogP) is 4.43. The Bertz CT molecular complexity index is 339. The molecule has 4 heteroatoms. The van der Waals surface area contributed by atoms with E-state index in [0.717, 1.165) is 21.3 Å². The van der Waals surface area contributed by atoms with E-state index in [0.29, 0.717) is 0 Å². The van der Waals surface area contributed by atoms with Crippen LogP contribution in [0.15, 0.2) is 27.1 Å². The van der Waals surface area contributed by atoms with E-state index >= 15 is 0 Å². The Morgan fingerprint density at radius 3 is 2.47 bits per heavy atom. The third kappa shape index (κ3) is 3.74. The molecule has 1 aromatic carbocycles. The third-order valence-corrected chi connectivity index (χ3v) is 4.54. The van der Waals surface area contributed by atoms with Crippen LogP contribution in [0.25, 0.3) is 0 Å². The molecular formula is C11H14Br2ClN. The van der Waals surface area contributed by atoms with Crippen LogP contribution in [-0.2, 0) is 0 Å². The van der Waals surface area contributed by atoms with Gasteiger partial charge >= 0.3 is 0 Å². The van der Waals surface area contributed by atoms with Crippen molar-refractivity contribution in [2.45, 2.75) is 25.3 Å². The molecule has 0 aliphatic heterocycles. The molecule has 1 aliphatic rings. The Kier molecular flexibility index (Phi) is 5.10. The maximum Gasteiger partial charge on any atom is 0.0320 e. The number of nitrogens with two attached hydrogens (primary N) is 1. The largest absolute Gasteiger partial charge is 0.324 e. The second-order valence-electron chi connectivity index (χ2n) is 3.96. The molecular weight excluding hydrogens is 341 g/mol. The molecule has 0 amide bonds. The van der Waals surface area contributed by atoms with Gasteiger partial charge in [0, 0.05) is 15.0 Å². The van der Waals surface area contributed by atoms with E-state index in [1.165, 1.54) is 18.4 Å². The summed E-state index contributed by atoms with van der Waals surface area (Å²) in [7, 11) is 0. The monoisotopic (exact) mass is 353 g/mol. The van der Waals surface area contributed by atoms with Gasteiger partial charge in [-0.25, -0.2) is 0 Å². The van der Waals surface area contributed by atoms with Crippen LogP contribution in [0.2, 0.25) is 0 Å². The van der Waals surface area contributed by atoms with Gasteiger partial charge in [0.1, 0.15) is 0 Å². The summed E-state index contributed by atoms with van der Waals surface area (Å²) in [4.78, 5) is 0. The van der Waals surface area contributed by atoms with Gasteiger partial charge in [-0.15, -0.1) is 12.4 Å². The SMILES string of the molecule is Cl.N[C@H](CC1CC1)c1ccc(Br)c(Br)c1. The normalized spacial score (nSPS) is 17.0. The van der Waals surface area contributed by atoms with Crippen molar-refractivity contribution < 1.29 is 0 Å². The molecule has 1 aromatic rings. The Morgan fingerprint density at radius 1 is 1.27 bits per heavy atom. The Labute approximate surface area is 113 Å². The second kappa shape index (κ2) is 5.67. The standard InChI is InChI=1S/C11H13Br2N.ClH/c12-9-4-3-8(6-10(9)13)11(14)5-7-1-2-7;/h3-4,6-7,11H,1-2,5,14H2;1H/t11-;/m1./s1. The number of halogens is 3. The zero-order valence-electron chi connectivity index (χ0n) is 8.25. The molecule has 2 N–H and O–H groups in total. The first-order valence-corrected chi connectivity index (χ1v) is 6.46. The first kappa shape index (κ1) is 13.5. The van der Waals surface area contributed by atoms with Gasteiger partial charge in [0.25, 0.3) is 0 Å². The van der Waals surface area contributed by atoms with E-state index in [2.05, 4.69) is 44.0 Å². The summed E-state index contributed by atoms with van der Waals surface area (Å²) in [5.41, 5.74) is 7.35. The van der Waals surface area contributed by atoms with Crippen molar-refractivity contribution in [2.75, 3.05) is 0 Å². The predicted molar refractivity (Wildman–Crippen MR) is 73.4 cm³/mol. The molecule has 1 nitrogen and oxygen atoms in total. The molecule has 1 aliphatic carbocycles. The van der Waals surface area contributed by atoms with Crippen LogP contribution in [0.4, 0.5) is 0 Å². The van der Waals surface area contributed by atoms with Crippen molar-refractivity contribution >= 4 is 44.3 Å².